The molecule has 0 aliphatic rings. The smallest absolute Gasteiger partial charge is 0.138 e. The zero-order chi connectivity index (χ0) is 38.2. The maximum Gasteiger partial charge on any atom is 0.138 e. The van der Waals surface area contributed by atoms with E-state index in [1.165, 1.54) is 75.1 Å². The number of thiophene rings is 1. The van der Waals surface area contributed by atoms with Crippen molar-refractivity contribution in [3.05, 3.63) is 206 Å². The van der Waals surface area contributed by atoms with Crippen molar-refractivity contribution >= 4 is 64.1 Å². The van der Waals surface area contributed by atoms with E-state index in [9.17, 15) is 0 Å². The van der Waals surface area contributed by atoms with E-state index in [4.69, 9.17) is 4.98 Å². The van der Waals surface area contributed by atoms with Crippen LogP contribution >= 0.6 is 11.3 Å². The summed E-state index contributed by atoms with van der Waals surface area (Å²) in [4.78, 5) is 5.53. The highest BCUT2D eigenvalue weighted by Gasteiger charge is 2.20. The first kappa shape index (κ1) is 32.9. The van der Waals surface area contributed by atoms with Crippen LogP contribution in [0, 0.1) is 0 Å². The Balaban J connectivity index is 1.08. The number of hydrogen-bond acceptors (Lipinski definition) is 2. The van der Waals surface area contributed by atoms with Crippen LogP contribution in [0.15, 0.2) is 206 Å². The molecule has 3 heteroatoms. The van der Waals surface area contributed by atoms with Crippen LogP contribution in [0.3, 0.4) is 0 Å². The van der Waals surface area contributed by atoms with Gasteiger partial charge in [-0.1, -0.05) is 158 Å². The van der Waals surface area contributed by atoms with Crippen LogP contribution in [0.5, 0.6) is 0 Å². The largest absolute Gasteiger partial charge is 0.294 e. The molecule has 12 rings (SSSR count). The molecule has 9 aromatic carbocycles. The Morgan fingerprint density at radius 3 is 1.64 bits per heavy atom. The van der Waals surface area contributed by atoms with E-state index in [-0.39, 0.29) is 0 Å². The Hall–Kier alpha value is -7.33. The van der Waals surface area contributed by atoms with Crippen molar-refractivity contribution in [1.29, 1.82) is 0 Å². The minimum Gasteiger partial charge on any atom is -0.294 e. The van der Waals surface area contributed by atoms with Gasteiger partial charge in [-0.3, -0.25) is 4.57 Å². The normalized spacial score (nSPS) is 11.8. The fourth-order valence-electron chi connectivity index (χ4n) is 8.91. The third-order valence-corrected chi connectivity index (χ3v) is 12.9. The predicted octanol–water partition coefficient (Wildman–Crippen LogP) is 15.5. The Labute approximate surface area is 339 Å². The van der Waals surface area contributed by atoms with Gasteiger partial charge in [0, 0.05) is 36.5 Å². The fraction of sp³-hybridized carbons (Fsp3) is 0. The molecule has 3 aromatic heterocycles. The van der Waals surface area contributed by atoms with E-state index < -0.39 is 0 Å². The topological polar surface area (TPSA) is 17.8 Å². The first-order valence-electron chi connectivity index (χ1n) is 19.8. The van der Waals surface area contributed by atoms with Gasteiger partial charge in [0.2, 0.25) is 0 Å². The van der Waals surface area contributed by atoms with Gasteiger partial charge in [0.1, 0.15) is 5.82 Å². The van der Waals surface area contributed by atoms with Crippen molar-refractivity contribution in [2.24, 2.45) is 0 Å². The van der Waals surface area contributed by atoms with E-state index in [2.05, 4.69) is 211 Å². The van der Waals surface area contributed by atoms with Gasteiger partial charge in [-0.25, -0.2) is 4.98 Å². The molecule has 3 heterocycles. The number of fused-ring (bicyclic) bond motifs is 3. The standard InChI is InChI=1S/C55H34N2S/c1-3-10-35(11-4-1)37-18-20-39(21-19-37)45-32-48(40-24-22-38(23-25-40)36-12-5-2-6-13-36)56-53(34-45)57-49-16-9-14-41-26-27-43-30-44(33-50(57)55(43)54(41)49)42-28-29-52-47(31-42)46-15-7-8-17-51(46)58-52/h1-34H. The minimum absolute atomic E-state index is 0.896. The SMILES string of the molecule is c1ccc(-c2ccc(-c3cc(-c4ccc(-c5ccccc5)cc4)nc(-n4c5cccc6ccc7cc(-c8ccc9sc%10ccccc%10c9c8)cc4c7c65)c3)cc2)cc1. The molecule has 0 aliphatic heterocycles. The van der Waals surface area contributed by atoms with Gasteiger partial charge in [-0.2, -0.15) is 0 Å². The van der Waals surface area contributed by atoms with Gasteiger partial charge >= 0.3 is 0 Å². The zero-order valence-electron chi connectivity index (χ0n) is 31.4. The third kappa shape index (κ3) is 5.36. The molecule has 0 fully saturated rings. The maximum atomic E-state index is 5.53. The highest BCUT2D eigenvalue weighted by Crippen LogP contribution is 2.43. The molecular weight excluding hydrogens is 721 g/mol. The second-order valence-electron chi connectivity index (χ2n) is 15.2. The van der Waals surface area contributed by atoms with Gasteiger partial charge in [0.15, 0.2) is 0 Å². The van der Waals surface area contributed by atoms with Crippen LogP contribution in [0.2, 0.25) is 0 Å². The molecule has 0 amide bonds. The molecule has 0 spiro atoms. The van der Waals surface area contributed by atoms with Crippen molar-refractivity contribution in [2.75, 3.05) is 0 Å². The Kier molecular flexibility index (Phi) is 7.44. The first-order valence-corrected chi connectivity index (χ1v) is 20.6. The third-order valence-electron chi connectivity index (χ3n) is 11.8. The lowest BCUT2D eigenvalue weighted by atomic mass is 9.96. The van der Waals surface area contributed by atoms with E-state index in [0.29, 0.717) is 0 Å². The highest BCUT2D eigenvalue weighted by molar-refractivity contribution is 7.25. The Morgan fingerprint density at radius 2 is 0.897 bits per heavy atom. The summed E-state index contributed by atoms with van der Waals surface area (Å²) in [5.74, 6) is 0.896. The van der Waals surface area contributed by atoms with E-state index in [0.717, 1.165) is 39.2 Å². The van der Waals surface area contributed by atoms with Crippen LogP contribution < -0.4 is 0 Å². The second kappa shape index (κ2) is 13.1. The molecule has 0 aliphatic carbocycles. The van der Waals surface area contributed by atoms with Crippen molar-refractivity contribution in [1.82, 2.24) is 9.55 Å². The zero-order valence-corrected chi connectivity index (χ0v) is 32.2. The minimum atomic E-state index is 0.896. The lowest BCUT2D eigenvalue weighted by molar-refractivity contribution is 1.09. The van der Waals surface area contributed by atoms with Gasteiger partial charge in [-0.05, 0) is 104 Å². The average molecular weight is 755 g/mol. The molecule has 270 valence electrons. The van der Waals surface area contributed by atoms with Crippen LogP contribution in [0.4, 0.5) is 0 Å². The quantitative estimate of drug-likeness (QED) is 0.155. The molecule has 0 unspecified atom stereocenters. The lowest BCUT2D eigenvalue weighted by Crippen LogP contribution is -2.00. The lowest BCUT2D eigenvalue weighted by Gasteiger charge is -2.14. The molecule has 0 saturated heterocycles. The van der Waals surface area contributed by atoms with Crippen LogP contribution in [-0.4, -0.2) is 9.55 Å². The fourth-order valence-corrected chi connectivity index (χ4v) is 9.99. The summed E-state index contributed by atoms with van der Waals surface area (Å²) in [5.41, 5.74) is 13.8. The Bertz CT molecular complexity index is 3370. The summed E-state index contributed by atoms with van der Waals surface area (Å²) in [6.07, 6.45) is 0. The summed E-state index contributed by atoms with van der Waals surface area (Å²) in [7, 11) is 0. The molecular formula is C55H34N2S. The van der Waals surface area contributed by atoms with Crippen molar-refractivity contribution in [2.45, 2.75) is 0 Å². The van der Waals surface area contributed by atoms with Gasteiger partial charge in [0.05, 0.1) is 16.7 Å². The van der Waals surface area contributed by atoms with Gasteiger partial charge in [0.25, 0.3) is 0 Å². The molecule has 0 N–H and O–H groups in total. The number of benzene rings is 9. The molecule has 2 nitrogen and oxygen atoms in total. The van der Waals surface area contributed by atoms with Crippen LogP contribution in [-0.2, 0) is 0 Å². The summed E-state index contributed by atoms with van der Waals surface area (Å²) in [6, 6.07) is 75.1. The van der Waals surface area contributed by atoms with Crippen molar-refractivity contribution in [3.63, 3.8) is 0 Å². The van der Waals surface area contributed by atoms with Gasteiger partial charge in [-0.15, -0.1) is 11.3 Å². The summed E-state index contributed by atoms with van der Waals surface area (Å²) >= 11 is 1.86. The van der Waals surface area contributed by atoms with E-state index >= 15 is 0 Å². The number of rotatable bonds is 6. The summed E-state index contributed by atoms with van der Waals surface area (Å²) < 4.78 is 5.03. The number of nitrogens with zero attached hydrogens (tertiary/aromatic N) is 2. The number of aromatic nitrogens is 2. The molecule has 0 bridgehead atoms. The number of hydrogen-bond donors (Lipinski definition) is 0. The first-order chi connectivity index (χ1) is 28.7. The second-order valence-corrected chi connectivity index (χ2v) is 16.2. The molecule has 12 aromatic rings. The van der Waals surface area contributed by atoms with Crippen LogP contribution in [0.1, 0.15) is 0 Å². The molecule has 58 heavy (non-hydrogen) atoms. The van der Waals surface area contributed by atoms with Gasteiger partial charge < -0.3 is 0 Å². The Morgan fingerprint density at radius 1 is 0.328 bits per heavy atom. The average Bonchev–Trinajstić information content (AvgIpc) is 3.85. The maximum absolute atomic E-state index is 5.53. The predicted molar refractivity (Wildman–Crippen MR) is 247 cm³/mol. The monoisotopic (exact) mass is 754 g/mol. The molecule has 0 radical (unpaired) electrons. The van der Waals surface area contributed by atoms with E-state index in [1.807, 2.05) is 11.3 Å². The van der Waals surface area contributed by atoms with Crippen molar-refractivity contribution in [3.8, 4) is 61.6 Å². The van der Waals surface area contributed by atoms with E-state index in [1.54, 1.807) is 0 Å². The summed E-state index contributed by atoms with van der Waals surface area (Å²) in [6.45, 7) is 0. The molecule has 0 saturated carbocycles. The summed E-state index contributed by atoms with van der Waals surface area (Å²) in [5, 5.41) is 7.63. The van der Waals surface area contributed by atoms with Crippen LogP contribution in [0.25, 0.3) is 114 Å². The molecule has 0 atom stereocenters. The highest BCUT2D eigenvalue weighted by atomic mass is 32.1. The number of pyridine rings is 1. The van der Waals surface area contributed by atoms with Crippen molar-refractivity contribution < 1.29 is 0 Å².